The van der Waals surface area contributed by atoms with Crippen LogP contribution >= 0.6 is 0 Å². The summed E-state index contributed by atoms with van der Waals surface area (Å²) in [6.07, 6.45) is 2.17. The molecule has 1 N–H and O–H groups in total. The third-order valence-electron chi connectivity index (χ3n) is 3.38. The summed E-state index contributed by atoms with van der Waals surface area (Å²) >= 11 is 0. The molecule has 2 aliphatic rings. The summed E-state index contributed by atoms with van der Waals surface area (Å²) in [7, 11) is 1.97. The molecule has 0 spiro atoms. The van der Waals surface area contributed by atoms with Gasteiger partial charge in [-0.15, -0.1) is 0 Å². The molecule has 0 aromatic carbocycles. The van der Waals surface area contributed by atoms with Crippen LogP contribution in [0.1, 0.15) is 33.6 Å². The lowest BCUT2D eigenvalue weighted by Gasteiger charge is -2.29. The van der Waals surface area contributed by atoms with Gasteiger partial charge in [0, 0.05) is 12.6 Å². The van der Waals surface area contributed by atoms with Crippen LogP contribution in [0.2, 0.25) is 0 Å². The third-order valence-corrected chi connectivity index (χ3v) is 3.38. The first-order valence-corrected chi connectivity index (χ1v) is 6.11. The van der Waals surface area contributed by atoms with Crippen LogP contribution in [0.5, 0.6) is 0 Å². The highest BCUT2D eigenvalue weighted by molar-refractivity contribution is 5.69. The van der Waals surface area contributed by atoms with Crippen LogP contribution in [0.3, 0.4) is 0 Å². The average Bonchev–Trinajstić information content (AvgIpc) is 2.87. The predicted molar refractivity (Wildman–Crippen MR) is 62.3 cm³/mol. The third kappa shape index (κ3) is 2.17. The van der Waals surface area contributed by atoms with Gasteiger partial charge in [0.2, 0.25) is 0 Å². The number of amides is 1. The van der Waals surface area contributed by atoms with Crippen molar-refractivity contribution < 1.29 is 9.53 Å². The zero-order valence-corrected chi connectivity index (χ0v) is 10.6. The van der Waals surface area contributed by atoms with Gasteiger partial charge >= 0.3 is 6.09 Å². The topological polar surface area (TPSA) is 41.6 Å². The fraction of sp³-hybridized carbons (Fsp3) is 0.917. The normalized spacial score (nSPS) is 33.2. The minimum absolute atomic E-state index is 0.153. The summed E-state index contributed by atoms with van der Waals surface area (Å²) in [6.45, 7) is 6.58. The van der Waals surface area contributed by atoms with E-state index in [0.29, 0.717) is 18.0 Å². The number of ether oxygens (including phenoxy) is 1. The Labute approximate surface area is 97.3 Å². The van der Waals surface area contributed by atoms with Gasteiger partial charge in [0.1, 0.15) is 5.60 Å². The molecule has 4 nitrogen and oxygen atoms in total. The molecule has 1 amide bonds. The van der Waals surface area contributed by atoms with Gasteiger partial charge in [-0.1, -0.05) is 0 Å². The number of likely N-dealkylation sites (N-methyl/N-ethyl adjacent to an activating group) is 1. The molecule has 0 bridgehead atoms. The molecule has 1 saturated heterocycles. The lowest BCUT2D eigenvalue weighted by atomic mass is 10.1. The van der Waals surface area contributed by atoms with Crippen molar-refractivity contribution >= 4 is 6.09 Å². The van der Waals surface area contributed by atoms with E-state index in [1.54, 1.807) is 0 Å². The zero-order valence-electron chi connectivity index (χ0n) is 10.6. The molecule has 2 rings (SSSR count). The van der Waals surface area contributed by atoms with E-state index in [2.05, 4.69) is 5.32 Å². The van der Waals surface area contributed by atoms with Gasteiger partial charge in [0.05, 0.1) is 6.04 Å². The quantitative estimate of drug-likeness (QED) is 0.738. The standard InChI is InChI=1S/C12H22N2O2/c1-12(2,3)16-11(15)14-7-5-6-8-9(13-4)10(8)14/h8-10,13H,5-7H2,1-4H3/t8-,9?,10-/m1/s1. The maximum Gasteiger partial charge on any atom is 0.410 e. The lowest BCUT2D eigenvalue weighted by molar-refractivity contribution is 0.0191. The molecule has 16 heavy (non-hydrogen) atoms. The van der Waals surface area contributed by atoms with Gasteiger partial charge in [-0.05, 0) is 46.6 Å². The van der Waals surface area contributed by atoms with Crippen LogP contribution in [-0.2, 0) is 4.74 Å². The highest BCUT2D eigenvalue weighted by Gasteiger charge is 2.56. The van der Waals surface area contributed by atoms with Crippen molar-refractivity contribution in [2.75, 3.05) is 13.6 Å². The molecular formula is C12H22N2O2. The summed E-state index contributed by atoms with van der Waals surface area (Å²) in [5.74, 6) is 0.645. The molecule has 3 atom stereocenters. The second kappa shape index (κ2) is 3.91. The highest BCUT2D eigenvalue weighted by Crippen LogP contribution is 2.43. The number of nitrogens with zero attached hydrogens (tertiary/aromatic N) is 1. The Bertz CT molecular complexity index is 281. The monoisotopic (exact) mass is 226 g/mol. The summed E-state index contributed by atoms with van der Waals surface area (Å²) in [6, 6.07) is 0.851. The average molecular weight is 226 g/mol. The van der Waals surface area contributed by atoms with E-state index in [1.807, 2.05) is 32.7 Å². The Morgan fingerprint density at radius 1 is 1.44 bits per heavy atom. The second-order valence-corrected chi connectivity index (χ2v) is 5.78. The van der Waals surface area contributed by atoms with Crippen molar-refractivity contribution in [2.24, 2.45) is 5.92 Å². The smallest absolute Gasteiger partial charge is 0.410 e. The SMILES string of the molecule is CNC1[C@H]2CCCN(C(=O)OC(C)(C)C)[C@@H]12. The zero-order chi connectivity index (χ0) is 11.9. The molecule has 4 heteroatoms. The molecule has 1 heterocycles. The number of fused-ring (bicyclic) bond motifs is 1. The van der Waals surface area contributed by atoms with Gasteiger partial charge in [-0.25, -0.2) is 4.79 Å². The van der Waals surface area contributed by atoms with E-state index in [-0.39, 0.29) is 6.09 Å². The van der Waals surface area contributed by atoms with Crippen LogP contribution in [0.15, 0.2) is 0 Å². The minimum Gasteiger partial charge on any atom is -0.444 e. The molecule has 0 radical (unpaired) electrons. The van der Waals surface area contributed by atoms with E-state index in [0.717, 1.165) is 13.0 Å². The fourth-order valence-corrected chi connectivity index (χ4v) is 2.70. The Kier molecular flexibility index (Phi) is 2.86. The van der Waals surface area contributed by atoms with Gasteiger partial charge < -0.3 is 15.0 Å². The minimum atomic E-state index is -0.395. The molecule has 2 fully saturated rings. The van der Waals surface area contributed by atoms with E-state index in [9.17, 15) is 4.79 Å². The first-order chi connectivity index (χ1) is 7.44. The van der Waals surface area contributed by atoms with Gasteiger partial charge in [0.25, 0.3) is 0 Å². The van der Waals surface area contributed by atoms with E-state index < -0.39 is 5.60 Å². The summed E-state index contributed by atoms with van der Waals surface area (Å²) in [4.78, 5) is 13.9. The second-order valence-electron chi connectivity index (χ2n) is 5.78. The summed E-state index contributed by atoms with van der Waals surface area (Å²) in [5, 5.41) is 3.28. The van der Waals surface area contributed by atoms with Crippen LogP contribution in [-0.4, -0.2) is 42.3 Å². The van der Waals surface area contributed by atoms with E-state index in [1.165, 1.54) is 6.42 Å². The molecule has 1 unspecified atom stereocenters. The Hall–Kier alpha value is -0.770. The van der Waals surface area contributed by atoms with E-state index in [4.69, 9.17) is 4.74 Å². The number of likely N-dealkylation sites (tertiary alicyclic amines) is 1. The number of piperidine rings is 1. The van der Waals surface area contributed by atoms with Crippen molar-refractivity contribution in [1.29, 1.82) is 0 Å². The number of carbonyl (C=O) groups excluding carboxylic acids is 1. The Morgan fingerprint density at radius 2 is 2.12 bits per heavy atom. The first kappa shape index (κ1) is 11.7. The van der Waals surface area contributed by atoms with Gasteiger partial charge in [-0.3, -0.25) is 0 Å². The van der Waals surface area contributed by atoms with Gasteiger partial charge in [0.15, 0.2) is 0 Å². The summed E-state index contributed by atoms with van der Waals surface area (Å²) in [5.41, 5.74) is -0.395. The molecule has 1 saturated carbocycles. The van der Waals surface area contributed by atoms with Crippen molar-refractivity contribution in [1.82, 2.24) is 10.2 Å². The summed E-state index contributed by atoms with van der Waals surface area (Å²) < 4.78 is 5.43. The van der Waals surface area contributed by atoms with Gasteiger partial charge in [-0.2, -0.15) is 0 Å². The Balaban J connectivity index is 1.97. The van der Waals surface area contributed by atoms with Crippen LogP contribution < -0.4 is 5.32 Å². The lowest BCUT2D eigenvalue weighted by Crippen LogP contribution is -2.42. The Morgan fingerprint density at radius 3 is 2.69 bits per heavy atom. The molecule has 0 aromatic heterocycles. The molecule has 1 aliphatic heterocycles. The number of nitrogens with one attached hydrogen (secondary N) is 1. The molecule has 0 aromatic rings. The number of hydrogen-bond donors (Lipinski definition) is 1. The fourth-order valence-electron chi connectivity index (χ4n) is 2.70. The van der Waals surface area contributed by atoms with E-state index >= 15 is 0 Å². The maximum atomic E-state index is 12.0. The number of rotatable bonds is 1. The van der Waals surface area contributed by atoms with Crippen LogP contribution in [0, 0.1) is 5.92 Å². The van der Waals surface area contributed by atoms with Crippen LogP contribution in [0.25, 0.3) is 0 Å². The highest BCUT2D eigenvalue weighted by atomic mass is 16.6. The maximum absolute atomic E-state index is 12.0. The van der Waals surface area contributed by atoms with Crippen LogP contribution in [0.4, 0.5) is 4.79 Å². The van der Waals surface area contributed by atoms with Crippen molar-refractivity contribution in [3.05, 3.63) is 0 Å². The number of carbonyl (C=O) groups is 1. The van der Waals surface area contributed by atoms with Crippen molar-refractivity contribution in [3.63, 3.8) is 0 Å². The molecular weight excluding hydrogens is 204 g/mol. The van der Waals surface area contributed by atoms with Crippen molar-refractivity contribution in [3.8, 4) is 0 Å². The molecule has 92 valence electrons. The number of hydrogen-bond acceptors (Lipinski definition) is 3. The largest absolute Gasteiger partial charge is 0.444 e. The van der Waals surface area contributed by atoms with Crippen molar-refractivity contribution in [2.45, 2.75) is 51.3 Å². The first-order valence-electron chi connectivity index (χ1n) is 6.11. The predicted octanol–water partition coefficient (Wildman–Crippen LogP) is 1.60. The molecule has 1 aliphatic carbocycles.